The van der Waals surface area contributed by atoms with Crippen LogP contribution < -0.4 is 10.5 Å². The van der Waals surface area contributed by atoms with Crippen LogP contribution in [-0.4, -0.2) is 36.6 Å². The molecule has 2 atom stereocenters. The third-order valence-corrected chi connectivity index (χ3v) is 3.93. The van der Waals surface area contributed by atoms with Crippen molar-refractivity contribution in [2.75, 3.05) is 20.7 Å². The molecule has 1 aromatic rings. The van der Waals surface area contributed by atoms with E-state index in [2.05, 4.69) is 44.6 Å². The van der Waals surface area contributed by atoms with E-state index in [9.17, 15) is 0 Å². The summed E-state index contributed by atoms with van der Waals surface area (Å²) < 4.78 is 5.09. The molecule has 4 nitrogen and oxygen atoms in total. The van der Waals surface area contributed by atoms with E-state index in [1.54, 1.807) is 7.11 Å². The van der Waals surface area contributed by atoms with Crippen molar-refractivity contribution >= 4 is 0 Å². The molecule has 0 aliphatic carbocycles. The Labute approximate surface area is 117 Å². The van der Waals surface area contributed by atoms with E-state index in [1.165, 1.54) is 0 Å². The molecule has 0 fully saturated rings. The molecule has 0 saturated carbocycles. The van der Waals surface area contributed by atoms with Gasteiger partial charge in [0.05, 0.1) is 7.11 Å². The molecule has 108 valence electrons. The van der Waals surface area contributed by atoms with E-state index in [1.807, 2.05) is 18.3 Å². The van der Waals surface area contributed by atoms with Crippen molar-refractivity contribution in [3.05, 3.63) is 23.9 Å². The first-order valence-corrected chi connectivity index (χ1v) is 6.73. The summed E-state index contributed by atoms with van der Waals surface area (Å²) in [6, 6.07) is 4.51. The van der Waals surface area contributed by atoms with Gasteiger partial charge in [-0.2, -0.15) is 0 Å². The third kappa shape index (κ3) is 3.91. The van der Waals surface area contributed by atoms with Crippen LogP contribution >= 0.6 is 0 Å². The summed E-state index contributed by atoms with van der Waals surface area (Å²) in [4.78, 5) is 6.59. The smallest absolute Gasteiger partial charge is 0.212 e. The Morgan fingerprint density at radius 1 is 1.37 bits per heavy atom. The summed E-state index contributed by atoms with van der Waals surface area (Å²) in [7, 11) is 3.74. The highest BCUT2D eigenvalue weighted by molar-refractivity contribution is 5.21. The van der Waals surface area contributed by atoms with Gasteiger partial charge in [0, 0.05) is 30.9 Å². The van der Waals surface area contributed by atoms with E-state index in [4.69, 9.17) is 10.5 Å². The zero-order valence-corrected chi connectivity index (χ0v) is 13.0. The Morgan fingerprint density at radius 3 is 2.37 bits per heavy atom. The lowest BCUT2D eigenvalue weighted by Gasteiger charge is -2.40. The van der Waals surface area contributed by atoms with E-state index in [0.29, 0.717) is 18.5 Å². The fourth-order valence-electron chi connectivity index (χ4n) is 2.13. The minimum absolute atomic E-state index is 0.174. The number of aromatic nitrogens is 1. The summed E-state index contributed by atoms with van der Waals surface area (Å²) in [5, 5.41) is 0. The molecule has 0 radical (unpaired) electrons. The Bertz CT molecular complexity index is 383. The maximum absolute atomic E-state index is 5.96. The maximum atomic E-state index is 5.96. The van der Waals surface area contributed by atoms with E-state index >= 15 is 0 Å². The van der Waals surface area contributed by atoms with Crippen molar-refractivity contribution in [3.8, 4) is 5.88 Å². The zero-order chi connectivity index (χ0) is 14.6. The van der Waals surface area contributed by atoms with Crippen molar-refractivity contribution < 1.29 is 4.74 Å². The number of hydrogen-bond donors (Lipinski definition) is 1. The molecule has 0 amide bonds. The van der Waals surface area contributed by atoms with Gasteiger partial charge in [-0.1, -0.05) is 26.8 Å². The Balaban J connectivity index is 2.92. The summed E-state index contributed by atoms with van der Waals surface area (Å²) in [6.45, 7) is 9.54. The molecule has 0 spiro atoms. The standard InChI is InChI=1S/C15H27N3O/c1-11(15(2,3)4)18(5)13(9-16)12-7-8-14(19-6)17-10-12/h7-8,10-11,13H,9,16H2,1-6H3. The maximum Gasteiger partial charge on any atom is 0.212 e. The lowest BCUT2D eigenvalue weighted by molar-refractivity contribution is 0.0999. The van der Waals surface area contributed by atoms with E-state index in [-0.39, 0.29) is 11.5 Å². The minimum Gasteiger partial charge on any atom is -0.481 e. The van der Waals surface area contributed by atoms with Gasteiger partial charge in [-0.15, -0.1) is 0 Å². The molecule has 1 aromatic heterocycles. The molecule has 0 aliphatic rings. The highest BCUT2D eigenvalue weighted by Crippen LogP contribution is 2.29. The molecule has 0 aliphatic heterocycles. The van der Waals surface area contributed by atoms with Crippen LogP contribution in [0.1, 0.15) is 39.3 Å². The van der Waals surface area contributed by atoms with Crippen LogP contribution in [0.3, 0.4) is 0 Å². The van der Waals surface area contributed by atoms with Gasteiger partial charge in [0.2, 0.25) is 5.88 Å². The monoisotopic (exact) mass is 265 g/mol. The second kappa shape index (κ2) is 6.35. The molecule has 4 heteroatoms. The van der Waals surface area contributed by atoms with Crippen molar-refractivity contribution in [2.45, 2.75) is 39.8 Å². The lowest BCUT2D eigenvalue weighted by atomic mass is 9.86. The molecule has 0 saturated heterocycles. The predicted molar refractivity (Wildman–Crippen MR) is 79.3 cm³/mol. The molecule has 0 aromatic carbocycles. The summed E-state index contributed by atoms with van der Waals surface area (Å²) in [5.41, 5.74) is 7.29. The SMILES string of the molecule is COc1ccc(C(CN)N(C)C(C)C(C)(C)C)cn1. The van der Waals surface area contributed by atoms with Crippen molar-refractivity contribution in [2.24, 2.45) is 11.1 Å². The number of nitrogens with zero attached hydrogens (tertiary/aromatic N) is 2. The highest BCUT2D eigenvalue weighted by atomic mass is 16.5. The van der Waals surface area contributed by atoms with Crippen LogP contribution in [0.4, 0.5) is 0 Å². The topological polar surface area (TPSA) is 51.4 Å². The average Bonchev–Trinajstić information content (AvgIpc) is 2.38. The number of likely N-dealkylation sites (N-methyl/N-ethyl adjacent to an activating group) is 1. The first kappa shape index (κ1) is 15.9. The molecule has 2 unspecified atom stereocenters. The van der Waals surface area contributed by atoms with Gasteiger partial charge in [-0.3, -0.25) is 4.90 Å². The predicted octanol–water partition coefficient (Wildman–Crippen LogP) is 2.46. The fourth-order valence-corrected chi connectivity index (χ4v) is 2.13. The van der Waals surface area contributed by atoms with Crippen molar-refractivity contribution in [3.63, 3.8) is 0 Å². The molecule has 2 N–H and O–H groups in total. The molecular weight excluding hydrogens is 238 g/mol. The Hall–Kier alpha value is -1.13. The number of ether oxygens (including phenoxy) is 1. The zero-order valence-electron chi connectivity index (χ0n) is 13.0. The fraction of sp³-hybridized carbons (Fsp3) is 0.667. The van der Waals surface area contributed by atoms with Gasteiger partial charge >= 0.3 is 0 Å². The van der Waals surface area contributed by atoms with E-state index < -0.39 is 0 Å². The molecular formula is C15H27N3O. The quantitative estimate of drug-likeness (QED) is 0.888. The number of pyridine rings is 1. The summed E-state index contributed by atoms with van der Waals surface area (Å²) >= 11 is 0. The third-order valence-electron chi connectivity index (χ3n) is 3.93. The molecule has 0 bridgehead atoms. The van der Waals surface area contributed by atoms with Gasteiger partial charge in [0.15, 0.2) is 0 Å². The van der Waals surface area contributed by atoms with Gasteiger partial charge in [-0.05, 0) is 24.9 Å². The average molecular weight is 265 g/mol. The first-order valence-electron chi connectivity index (χ1n) is 6.73. The van der Waals surface area contributed by atoms with Crippen LogP contribution in [-0.2, 0) is 0 Å². The van der Waals surface area contributed by atoms with Crippen molar-refractivity contribution in [1.29, 1.82) is 0 Å². The highest BCUT2D eigenvalue weighted by Gasteiger charge is 2.28. The summed E-state index contributed by atoms with van der Waals surface area (Å²) in [5.74, 6) is 0.631. The second-order valence-corrected chi connectivity index (χ2v) is 6.09. The van der Waals surface area contributed by atoms with E-state index in [0.717, 1.165) is 5.56 Å². The molecule has 1 rings (SSSR count). The van der Waals surface area contributed by atoms with Gasteiger partial charge in [0.1, 0.15) is 0 Å². The van der Waals surface area contributed by atoms with Gasteiger partial charge < -0.3 is 10.5 Å². The number of methoxy groups -OCH3 is 1. The molecule has 19 heavy (non-hydrogen) atoms. The number of rotatable bonds is 5. The van der Waals surface area contributed by atoms with Gasteiger partial charge in [0.25, 0.3) is 0 Å². The van der Waals surface area contributed by atoms with Crippen LogP contribution in [0.2, 0.25) is 0 Å². The Kier molecular flexibility index (Phi) is 5.32. The summed E-state index contributed by atoms with van der Waals surface area (Å²) in [6.07, 6.45) is 1.85. The molecule has 1 heterocycles. The van der Waals surface area contributed by atoms with Crippen LogP contribution in [0.5, 0.6) is 5.88 Å². The normalized spacial score (nSPS) is 15.4. The van der Waals surface area contributed by atoms with Crippen molar-refractivity contribution in [1.82, 2.24) is 9.88 Å². The number of nitrogens with two attached hydrogens (primary N) is 1. The largest absolute Gasteiger partial charge is 0.481 e. The minimum atomic E-state index is 0.174. The van der Waals surface area contributed by atoms with Crippen LogP contribution in [0.25, 0.3) is 0 Å². The second-order valence-electron chi connectivity index (χ2n) is 6.09. The van der Waals surface area contributed by atoms with Crippen LogP contribution in [0, 0.1) is 5.41 Å². The van der Waals surface area contributed by atoms with Gasteiger partial charge in [-0.25, -0.2) is 4.98 Å². The first-order chi connectivity index (χ1) is 8.81. The Morgan fingerprint density at radius 2 is 2.00 bits per heavy atom. The number of hydrogen-bond acceptors (Lipinski definition) is 4. The lowest BCUT2D eigenvalue weighted by Crippen LogP contribution is -2.43. The van der Waals surface area contributed by atoms with Crippen LogP contribution in [0.15, 0.2) is 18.3 Å².